The molecular formula is C20H24FN5O4. The van der Waals surface area contributed by atoms with Crippen LogP contribution in [0.1, 0.15) is 30.1 Å². The van der Waals surface area contributed by atoms with Crippen molar-refractivity contribution in [2.24, 2.45) is 0 Å². The van der Waals surface area contributed by atoms with Gasteiger partial charge < -0.3 is 30.0 Å². The van der Waals surface area contributed by atoms with Gasteiger partial charge in [0.2, 0.25) is 5.43 Å². The molecule has 0 fully saturated rings. The molecule has 0 bridgehead atoms. The number of aromatic nitrogens is 3. The van der Waals surface area contributed by atoms with Gasteiger partial charge in [-0.15, -0.1) is 0 Å². The van der Waals surface area contributed by atoms with Crippen molar-refractivity contribution in [3.05, 3.63) is 46.5 Å². The number of carboxylic acid groups (broad SMARTS) is 1. The highest BCUT2D eigenvalue weighted by atomic mass is 19.1. The van der Waals surface area contributed by atoms with Crippen molar-refractivity contribution in [2.75, 3.05) is 24.7 Å². The van der Waals surface area contributed by atoms with E-state index < -0.39 is 28.5 Å². The number of nitrogens with one attached hydrogen (secondary N) is 1. The number of nitrogens with zero attached hydrogens (tertiary/aromatic N) is 3. The zero-order chi connectivity index (χ0) is 21.8. The largest absolute Gasteiger partial charge is 0.492 e. The summed E-state index contributed by atoms with van der Waals surface area (Å²) in [6, 6.07) is 0. The lowest BCUT2D eigenvalue weighted by atomic mass is 10.1. The lowest BCUT2D eigenvalue weighted by Gasteiger charge is -2.20. The number of hydrogen-bond acceptors (Lipinski definition) is 6. The summed E-state index contributed by atoms with van der Waals surface area (Å²) >= 11 is 0. The van der Waals surface area contributed by atoms with Crippen LogP contribution in [-0.4, -0.2) is 38.8 Å². The third kappa shape index (κ3) is 3.80. The maximum Gasteiger partial charge on any atom is 0.341 e. The topological polar surface area (TPSA) is 124 Å². The van der Waals surface area contributed by atoms with Gasteiger partial charge in [-0.3, -0.25) is 4.79 Å². The van der Waals surface area contributed by atoms with Gasteiger partial charge in [0, 0.05) is 38.2 Å². The van der Waals surface area contributed by atoms with E-state index in [0.29, 0.717) is 32.5 Å². The Morgan fingerprint density at radius 3 is 2.77 bits per heavy atom. The number of carbonyl (C=O) groups is 1. The van der Waals surface area contributed by atoms with Gasteiger partial charge in [0.15, 0.2) is 11.6 Å². The van der Waals surface area contributed by atoms with Crippen molar-refractivity contribution in [2.45, 2.75) is 32.9 Å². The van der Waals surface area contributed by atoms with Crippen LogP contribution in [0.4, 0.5) is 15.8 Å². The number of ether oxygens (including phenoxy) is 1. The van der Waals surface area contributed by atoms with E-state index in [1.807, 2.05) is 17.7 Å². The van der Waals surface area contributed by atoms with Crippen LogP contribution in [0, 0.1) is 5.82 Å². The first-order chi connectivity index (χ1) is 14.4. The van der Waals surface area contributed by atoms with Crippen LogP contribution in [-0.2, 0) is 13.1 Å². The van der Waals surface area contributed by atoms with E-state index in [0.717, 1.165) is 0 Å². The highest BCUT2D eigenvalue weighted by Gasteiger charge is 2.25. The molecule has 0 saturated carbocycles. The van der Waals surface area contributed by atoms with Gasteiger partial charge >= 0.3 is 5.97 Å². The van der Waals surface area contributed by atoms with E-state index in [9.17, 15) is 14.7 Å². The number of rotatable bonds is 9. The van der Waals surface area contributed by atoms with Crippen molar-refractivity contribution in [3.8, 4) is 5.75 Å². The molecule has 30 heavy (non-hydrogen) atoms. The van der Waals surface area contributed by atoms with Gasteiger partial charge in [0.05, 0.1) is 30.0 Å². The average Bonchev–Trinajstić information content (AvgIpc) is 3.23. The van der Waals surface area contributed by atoms with Crippen LogP contribution < -0.4 is 21.2 Å². The highest BCUT2D eigenvalue weighted by molar-refractivity contribution is 6.03. The maximum atomic E-state index is 15.1. The Kier molecular flexibility index (Phi) is 6.24. The van der Waals surface area contributed by atoms with Gasteiger partial charge in [-0.25, -0.2) is 14.2 Å². The molecule has 10 heteroatoms. The number of aryl methyl sites for hydroxylation is 2. The minimum Gasteiger partial charge on any atom is -0.492 e. The number of nitrogen functional groups attached to an aromatic ring is 1. The fraction of sp³-hybridized carbons (Fsp3) is 0.350. The Bertz CT molecular complexity index is 1120. The Labute approximate surface area is 171 Å². The molecule has 0 amide bonds. The standard InChI is InChI=1S/C20H24FN5O4/c1-3-7-26-10-12(20(28)29)18(27)13-15(22)14(21)16(19(30-2)17(13)26)24-5-4-8-25-9-6-23-11-25/h6,9-11,24H,3-5,7-8,22H2,1-2H3,(H,28,29). The third-order valence-corrected chi connectivity index (χ3v) is 4.80. The number of carboxylic acids is 1. The smallest absolute Gasteiger partial charge is 0.341 e. The summed E-state index contributed by atoms with van der Waals surface area (Å²) in [7, 11) is 1.37. The van der Waals surface area contributed by atoms with E-state index in [4.69, 9.17) is 10.5 Å². The lowest BCUT2D eigenvalue weighted by molar-refractivity contribution is 0.0694. The molecule has 0 aliphatic heterocycles. The lowest BCUT2D eigenvalue weighted by Crippen LogP contribution is -2.22. The Morgan fingerprint density at radius 2 is 2.17 bits per heavy atom. The molecule has 0 saturated heterocycles. The van der Waals surface area contributed by atoms with Crippen LogP contribution in [0.3, 0.4) is 0 Å². The van der Waals surface area contributed by atoms with E-state index in [1.165, 1.54) is 13.3 Å². The third-order valence-electron chi connectivity index (χ3n) is 4.80. The Balaban J connectivity index is 2.10. The normalized spacial score (nSPS) is 11.0. The summed E-state index contributed by atoms with van der Waals surface area (Å²) in [5.74, 6) is -2.13. The van der Waals surface area contributed by atoms with Crippen molar-refractivity contribution in [1.29, 1.82) is 0 Å². The fourth-order valence-corrected chi connectivity index (χ4v) is 3.44. The van der Waals surface area contributed by atoms with Crippen LogP contribution in [0.2, 0.25) is 0 Å². The number of methoxy groups -OCH3 is 1. The molecule has 0 aliphatic carbocycles. The molecule has 0 aliphatic rings. The number of hydrogen-bond donors (Lipinski definition) is 3. The number of pyridine rings is 1. The first-order valence-electron chi connectivity index (χ1n) is 9.55. The van der Waals surface area contributed by atoms with E-state index >= 15 is 4.39 Å². The number of anilines is 2. The fourth-order valence-electron chi connectivity index (χ4n) is 3.44. The molecule has 2 heterocycles. The minimum atomic E-state index is -1.40. The van der Waals surface area contributed by atoms with Crippen molar-refractivity contribution < 1.29 is 19.0 Å². The molecule has 0 atom stereocenters. The summed E-state index contributed by atoms with van der Waals surface area (Å²) in [6.07, 6.45) is 7.79. The molecule has 0 unspecified atom stereocenters. The predicted octanol–water partition coefficient (Wildman–Crippen LogP) is 2.54. The van der Waals surface area contributed by atoms with Gasteiger partial charge in [-0.05, 0) is 12.8 Å². The SMILES string of the molecule is CCCn1cc(C(=O)O)c(=O)c2c(N)c(F)c(NCCCn3ccnc3)c(OC)c21. The van der Waals surface area contributed by atoms with Crippen molar-refractivity contribution in [3.63, 3.8) is 0 Å². The number of imidazole rings is 1. The molecule has 4 N–H and O–H groups in total. The second-order valence-corrected chi connectivity index (χ2v) is 6.81. The Hall–Kier alpha value is -3.56. The highest BCUT2D eigenvalue weighted by Crippen LogP contribution is 2.39. The monoisotopic (exact) mass is 417 g/mol. The Morgan fingerprint density at radius 1 is 1.40 bits per heavy atom. The second-order valence-electron chi connectivity index (χ2n) is 6.81. The second kappa shape index (κ2) is 8.85. The molecule has 160 valence electrons. The van der Waals surface area contributed by atoms with E-state index in [2.05, 4.69) is 10.3 Å². The van der Waals surface area contributed by atoms with Gasteiger partial charge in [-0.1, -0.05) is 6.92 Å². The van der Waals surface area contributed by atoms with Crippen LogP contribution in [0.5, 0.6) is 5.75 Å². The number of benzene rings is 1. The number of aromatic carboxylic acids is 1. The van der Waals surface area contributed by atoms with E-state index in [-0.39, 0.29) is 22.3 Å². The van der Waals surface area contributed by atoms with Gasteiger partial charge in [0.25, 0.3) is 0 Å². The average molecular weight is 417 g/mol. The first-order valence-corrected chi connectivity index (χ1v) is 9.55. The molecule has 3 rings (SSSR count). The number of halogens is 1. The zero-order valence-electron chi connectivity index (χ0n) is 16.8. The molecule has 2 aromatic heterocycles. The molecule has 3 aromatic rings. The maximum absolute atomic E-state index is 15.1. The summed E-state index contributed by atoms with van der Waals surface area (Å²) in [4.78, 5) is 28.2. The summed E-state index contributed by atoms with van der Waals surface area (Å²) in [6.45, 7) is 3.40. The van der Waals surface area contributed by atoms with Gasteiger partial charge in [-0.2, -0.15) is 0 Å². The molecular weight excluding hydrogens is 393 g/mol. The quantitative estimate of drug-likeness (QED) is 0.361. The molecule has 1 aromatic carbocycles. The van der Waals surface area contributed by atoms with Crippen molar-refractivity contribution >= 4 is 28.2 Å². The number of nitrogens with two attached hydrogens (primary N) is 1. The summed E-state index contributed by atoms with van der Waals surface area (Å²) in [5, 5.41) is 12.2. The van der Waals surface area contributed by atoms with Gasteiger partial charge in [0.1, 0.15) is 11.3 Å². The van der Waals surface area contributed by atoms with Crippen molar-refractivity contribution in [1.82, 2.24) is 14.1 Å². The predicted molar refractivity (Wildman–Crippen MR) is 112 cm³/mol. The zero-order valence-corrected chi connectivity index (χ0v) is 16.8. The molecule has 0 radical (unpaired) electrons. The minimum absolute atomic E-state index is 0.0421. The van der Waals surface area contributed by atoms with Crippen LogP contribution in [0.25, 0.3) is 10.9 Å². The van der Waals surface area contributed by atoms with Crippen LogP contribution >= 0.6 is 0 Å². The molecule has 9 nitrogen and oxygen atoms in total. The van der Waals surface area contributed by atoms with E-state index in [1.54, 1.807) is 17.1 Å². The van der Waals surface area contributed by atoms with Crippen LogP contribution in [0.15, 0.2) is 29.7 Å². The number of fused-ring (bicyclic) bond motifs is 1. The molecule has 0 spiro atoms. The first kappa shape index (κ1) is 21.2. The summed E-state index contributed by atoms with van der Waals surface area (Å²) in [5.41, 5.74) is 4.57. The summed E-state index contributed by atoms with van der Waals surface area (Å²) < 4.78 is 24.1.